The van der Waals surface area contributed by atoms with E-state index in [9.17, 15) is 9.59 Å². The summed E-state index contributed by atoms with van der Waals surface area (Å²) in [5, 5.41) is 2.81. The van der Waals surface area contributed by atoms with Gasteiger partial charge >= 0.3 is 0 Å². The SMILES string of the molecule is CC(=O)CC(c1ccc2c(c1)CC(=O)N2)N(C)C. The summed E-state index contributed by atoms with van der Waals surface area (Å²) in [6.45, 7) is 1.61. The molecule has 18 heavy (non-hydrogen) atoms. The number of nitrogens with zero attached hydrogens (tertiary/aromatic N) is 1. The van der Waals surface area contributed by atoms with Crippen LogP contribution in [-0.2, 0) is 16.0 Å². The summed E-state index contributed by atoms with van der Waals surface area (Å²) in [7, 11) is 3.93. The Morgan fingerprint density at radius 2 is 2.17 bits per heavy atom. The molecule has 1 aliphatic rings. The minimum Gasteiger partial charge on any atom is -0.326 e. The number of Topliss-reactive ketones (excluding diaryl/α,β-unsaturated/α-hetero) is 1. The number of amides is 1. The van der Waals surface area contributed by atoms with E-state index in [-0.39, 0.29) is 17.7 Å². The molecule has 0 fully saturated rings. The van der Waals surface area contributed by atoms with Crippen molar-refractivity contribution in [2.75, 3.05) is 19.4 Å². The Labute approximate surface area is 107 Å². The van der Waals surface area contributed by atoms with Gasteiger partial charge in [-0.15, -0.1) is 0 Å². The highest BCUT2D eigenvalue weighted by Crippen LogP contribution is 2.29. The summed E-state index contributed by atoms with van der Waals surface area (Å²) in [5.41, 5.74) is 3.00. The minimum absolute atomic E-state index is 0.0371. The highest BCUT2D eigenvalue weighted by Gasteiger charge is 2.21. The maximum Gasteiger partial charge on any atom is 0.228 e. The monoisotopic (exact) mass is 246 g/mol. The zero-order valence-corrected chi connectivity index (χ0v) is 11.0. The van der Waals surface area contributed by atoms with Crippen molar-refractivity contribution in [3.05, 3.63) is 29.3 Å². The lowest BCUT2D eigenvalue weighted by atomic mass is 9.98. The van der Waals surface area contributed by atoms with E-state index in [1.54, 1.807) is 6.92 Å². The molecule has 1 amide bonds. The van der Waals surface area contributed by atoms with Crippen LogP contribution in [0.1, 0.15) is 30.5 Å². The molecule has 1 N–H and O–H groups in total. The molecule has 1 aromatic carbocycles. The Kier molecular flexibility index (Phi) is 3.48. The lowest BCUT2D eigenvalue weighted by Gasteiger charge is -2.24. The number of carbonyl (C=O) groups is 2. The van der Waals surface area contributed by atoms with Crippen molar-refractivity contribution in [3.8, 4) is 0 Å². The van der Waals surface area contributed by atoms with Crippen molar-refractivity contribution in [2.24, 2.45) is 0 Å². The number of anilines is 1. The predicted molar refractivity (Wildman–Crippen MR) is 70.5 cm³/mol. The van der Waals surface area contributed by atoms with Crippen LogP contribution in [0.25, 0.3) is 0 Å². The molecule has 0 saturated heterocycles. The van der Waals surface area contributed by atoms with Crippen LogP contribution in [-0.4, -0.2) is 30.7 Å². The first kappa shape index (κ1) is 12.8. The van der Waals surface area contributed by atoms with Gasteiger partial charge in [-0.2, -0.15) is 0 Å². The molecule has 0 aliphatic carbocycles. The van der Waals surface area contributed by atoms with Gasteiger partial charge < -0.3 is 10.2 Å². The molecular weight excluding hydrogens is 228 g/mol. The molecule has 1 aromatic rings. The number of hydrogen-bond donors (Lipinski definition) is 1. The largest absolute Gasteiger partial charge is 0.326 e. The van der Waals surface area contributed by atoms with Gasteiger partial charge in [0.05, 0.1) is 6.42 Å². The summed E-state index contributed by atoms with van der Waals surface area (Å²) >= 11 is 0. The van der Waals surface area contributed by atoms with Gasteiger partial charge in [0.1, 0.15) is 5.78 Å². The first-order valence-electron chi connectivity index (χ1n) is 6.06. The lowest BCUT2D eigenvalue weighted by Crippen LogP contribution is -2.22. The number of ketones is 1. The fourth-order valence-corrected chi connectivity index (χ4v) is 2.33. The number of nitrogens with one attached hydrogen (secondary N) is 1. The van der Waals surface area contributed by atoms with Crippen molar-refractivity contribution in [1.82, 2.24) is 4.90 Å². The van der Waals surface area contributed by atoms with Crippen LogP contribution in [0.5, 0.6) is 0 Å². The van der Waals surface area contributed by atoms with Crippen LogP contribution in [0.3, 0.4) is 0 Å². The molecule has 1 unspecified atom stereocenters. The topological polar surface area (TPSA) is 49.4 Å². The molecule has 0 radical (unpaired) electrons. The van der Waals surface area contributed by atoms with Gasteiger partial charge in [0.15, 0.2) is 0 Å². The third kappa shape index (κ3) is 2.59. The van der Waals surface area contributed by atoms with Crippen molar-refractivity contribution in [1.29, 1.82) is 0 Å². The van der Waals surface area contributed by atoms with Gasteiger partial charge in [0, 0.05) is 18.2 Å². The zero-order valence-electron chi connectivity index (χ0n) is 11.0. The first-order valence-corrected chi connectivity index (χ1v) is 6.06. The van der Waals surface area contributed by atoms with Crippen LogP contribution in [0.15, 0.2) is 18.2 Å². The van der Waals surface area contributed by atoms with Gasteiger partial charge in [0.2, 0.25) is 5.91 Å². The van der Waals surface area contributed by atoms with Gasteiger partial charge in [-0.05, 0) is 38.2 Å². The van der Waals surface area contributed by atoms with Crippen molar-refractivity contribution >= 4 is 17.4 Å². The molecular formula is C14H18N2O2. The average Bonchev–Trinajstić information content (AvgIpc) is 2.64. The normalized spacial score (nSPS) is 15.4. The third-order valence-electron chi connectivity index (χ3n) is 3.24. The third-order valence-corrected chi connectivity index (χ3v) is 3.24. The second-order valence-corrected chi connectivity index (χ2v) is 5.03. The van der Waals surface area contributed by atoms with Crippen LogP contribution >= 0.6 is 0 Å². The van der Waals surface area contributed by atoms with E-state index in [0.29, 0.717) is 12.8 Å². The maximum atomic E-state index is 11.3. The van der Waals surface area contributed by atoms with E-state index in [2.05, 4.69) is 5.32 Å². The number of hydrogen-bond acceptors (Lipinski definition) is 3. The van der Waals surface area contributed by atoms with E-state index in [1.165, 1.54) is 0 Å². The Hall–Kier alpha value is -1.68. The van der Waals surface area contributed by atoms with E-state index in [0.717, 1.165) is 16.8 Å². The molecule has 4 heteroatoms. The fraction of sp³-hybridized carbons (Fsp3) is 0.429. The molecule has 0 bridgehead atoms. The standard InChI is InChI=1S/C14H18N2O2/c1-9(17)6-13(16(2)3)10-4-5-12-11(7-10)8-14(18)15-12/h4-5,7,13H,6,8H2,1-3H3,(H,15,18). The Bertz CT molecular complexity index is 495. The minimum atomic E-state index is 0.0371. The first-order chi connectivity index (χ1) is 8.47. The molecule has 0 aromatic heterocycles. The smallest absolute Gasteiger partial charge is 0.228 e. The fourth-order valence-electron chi connectivity index (χ4n) is 2.33. The molecule has 0 saturated carbocycles. The Morgan fingerprint density at radius 1 is 1.44 bits per heavy atom. The number of carbonyl (C=O) groups excluding carboxylic acids is 2. The maximum absolute atomic E-state index is 11.3. The second-order valence-electron chi connectivity index (χ2n) is 5.03. The van der Waals surface area contributed by atoms with Crippen molar-refractivity contribution in [3.63, 3.8) is 0 Å². The molecule has 1 heterocycles. The molecule has 2 rings (SSSR count). The van der Waals surface area contributed by atoms with Crippen LogP contribution in [0.4, 0.5) is 5.69 Å². The van der Waals surface area contributed by atoms with Gasteiger partial charge in [0.25, 0.3) is 0 Å². The second kappa shape index (κ2) is 4.90. The molecule has 1 aliphatic heterocycles. The van der Waals surface area contributed by atoms with Crippen molar-refractivity contribution in [2.45, 2.75) is 25.8 Å². The summed E-state index contributed by atoms with van der Waals surface area (Å²) in [6, 6.07) is 6.01. The number of rotatable bonds is 4. The summed E-state index contributed by atoms with van der Waals surface area (Å²) in [6.07, 6.45) is 0.927. The summed E-state index contributed by atoms with van der Waals surface area (Å²) in [5.74, 6) is 0.207. The van der Waals surface area contributed by atoms with E-state index in [4.69, 9.17) is 0 Å². The van der Waals surface area contributed by atoms with Crippen LogP contribution < -0.4 is 5.32 Å². The number of fused-ring (bicyclic) bond motifs is 1. The number of benzene rings is 1. The van der Waals surface area contributed by atoms with E-state index >= 15 is 0 Å². The average molecular weight is 246 g/mol. The van der Waals surface area contributed by atoms with Gasteiger partial charge in [-0.25, -0.2) is 0 Å². The quantitative estimate of drug-likeness (QED) is 0.880. The molecule has 96 valence electrons. The predicted octanol–water partition coefficient (Wildman–Crippen LogP) is 1.76. The highest BCUT2D eigenvalue weighted by atomic mass is 16.1. The molecule has 4 nitrogen and oxygen atoms in total. The summed E-state index contributed by atoms with van der Waals surface area (Å²) in [4.78, 5) is 24.7. The van der Waals surface area contributed by atoms with Crippen LogP contribution in [0, 0.1) is 0 Å². The zero-order chi connectivity index (χ0) is 13.3. The Balaban J connectivity index is 2.29. The Morgan fingerprint density at radius 3 is 2.78 bits per heavy atom. The molecule has 1 atom stereocenters. The van der Waals surface area contributed by atoms with E-state index < -0.39 is 0 Å². The van der Waals surface area contributed by atoms with Gasteiger partial charge in [-0.3, -0.25) is 9.59 Å². The van der Waals surface area contributed by atoms with Crippen molar-refractivity contribution < 1.29 is 9.59 Å². The van der Waals surface area contributed by atoms with Crippen LogP contribution in [0.2, 0.25) is 0 Å². The van der Waals surface area contributed by atoms with E-state index in [1.807, 2.05) is 37.2 Å². The molecule has 0 spiro atoms. The summed E-state index contributed by atoms with van der Waals surface area (Å²) < 4.78 is 0. The lowest BCUT2D eigenvalue weighted by molar-refractivity contribution is -0.118. The van der Waals surface area contributed by atoms with Gasteiger partial charge in [-0.1, -0.05) is 12.1 Å². The highest BCUT2D eigenvalue weighted by molar-refractivity contribution is 5.99.